The summed E-state index contributed by atoms with van der Waals surface area (Å²) in [6, 6.07) is 5.91. The first-order valence-electron chi connectivity index (χ1n) is 6.84. The Balaban J connectivity index is 0.000000829. The fraction of sp³-hybridized carbons (Fsp3) is 0.438. The third-order valence-electron chi connectivity index (χ3n) is 2.48. The summed E-state index contributed by atoms with van der Waals surface area (Å²) >= 11 is 0. The molecule has 0 aliphatic heterocycles. The van der Waals surface area contributed by atoms with Crippen LogP contribution in [0.15, 0.2) is 24.3 Å². The number of aryl methyl sites for hydroxylation is 2. The number of benzene rings is 1. The second-order valence-electron chi connectivity index (χ2n) is 3.78. The molecule has 1 nitrogen and oxygen atoms in total. The molecule has 0 radical (unpaired) electrons. The molecule has 4 heteroatoms. The number of para-hydroxylation sites is 1. The van der Waals surface area contributed by atoms with Gasteiger partial charge in [-0.2, -0.15) is 13.2 Å². The minimum absolute atomic E-state index is 0.0347. The summed E-state index contributed by atoms with van der Waals surface area (Å²) in [5, 5.41) is 0.556. The highest BCUT2D eigenvalue weighted by Gasteiger charge is 2.33. The molecule has 2 aromatic rings. The lowest BCUT2D eigenvalue weighted by atomic mass is 10.0. The Morgan fingerprint density at radius 3 is 2.00 bits per heavy atom. The Labute approximate surface area is 118 Å². The van der Waals surface area contributed by atoms with Gasteiger partial charge >= 0.3 is 6.18 Å². The summed E-state index contributed by atoms with van der Waals surface area (Å²) in [4.78, 5) is 3.98. The highest BCUT2D eigenvalue weighted by atomic mass is 19.4. The first kappa shape index (κ1) is 18.4. The Bertz CT molecular complexity index is 545. The summed E-state index contributed by atoms with van der Waals surface area (Å²) in [5.41, 5.74) is 0.777. The van der Waals surface area contributed by atoms with Gasteiger partial charge in [0, 0.05) is 11.1 Å². The number of pyridine rings is 1. The molecule has 0 N–H and O–H groups in total. The second-order valence-corrected chi connectivity index (χ2v) is 3.78. The number of alkyl halides is 3. The smallest absolute Gasteiger partial charge is 0.252 e. The van der Waals surface area contributed by atoms with Crippen molar-refractivity contribution in [2.75, 3.05) is 0 Å². The van der Waals surface area contributed by atoms with Crippen molar-refractivity contribution in [3.8, 4) is 0 Å². The van der Waals surface area contributed by atoms with Crippen molar-refractivity contribution in [1.29, 1.82) is 0 Å². The SMILES string of the molecule is CC.CC.Cc1cc(C)c2cccc(C(F)(F)F)c2n1. The van der Waals surface area contributed by atoms with Gasteiger partial charge in [0.25, 0.3) is 0 Å². The molecule has 0 unspecified atom stereocenters. The van der Waals surface area contributed by atoms with Crippen molar-refractivity contribution in [1.82, 2.24) is 4.98 Å². The van der Waals surface area contributed by atoms with E-state index in [4.69, 9.17) is 0 Å². The van der Waals surface area contributed by atoms with Gasteiger partial charge in [-0.3, -0.25) is 4.98 Å². The van der Waals surface area contributed by atoms with E-state index in [2.05, 4.69) is 4.98 Å². The van der Waals surface area contributed by atoms with Crippen molar-refractivity contribution >= 4 is 10.9 Å². The maximum atomic E-state index is 12.7. The molecule has 0 aliphatic carbocycles. The largest absolute Gasteiger partial charge is 0.418 e. The van der Waals surface area contributed by atoms with E-state index in [9.17, 15) is 13.2 Å². The molecule has 1 heterocycles. The van der Waals surface area contributed by atoms with Crippen molar-refractivity contribution in [2.24, 2.45) is 0 Å². The molecule has 112 valence electrons. The van der Waals surface area contributed by atoms with Crippen LogP contribution in [0, 0.1) is 13.8 Å². The first-order chi connectivity index (χ1) is 9.39. The van der Waals surface area contributed by atoms with Crippen LogP contribution < -0.4 is 0 Å². The summed E-state index contributed by atoms with van der Waals surface area (Å²) in [6.07, 6.45) is -4.35. The fourth-order valence-electron chi connectivity index (χ4n) is 1.81. The van der Waals surface area contributed by atoms with Crippen molar-refractivity contribution < 1.29 is 13.2 Å². The minimum Gasteiger partial charge on any atom is -0.252 e. The van der Waals surface area contributed by atoms with Crippen LogP contribution in [0.2, 0.25) is 0 Å². The van der Waals surface area contributed by atoms with Gasteiger partial charge in [0.2, 0.25) is 0 Å². The Hall–Kier alpha value is -1.58. The Morgan fingerprint density at radius 1 is 0.950 bits per heavy atom. The highest BCUT2D eigenvalue weighted by molar-refractivity contribution is 5.85. The summed E-state index contributed by atoms with van der Waals surface area (Å²) in [6.45, 7) is 11.5. The zero-order valence-electron chi connectivity index (χ0n) is 12.9. The van der Waals surface area contributed by atoms with Crippen LogP contribution in [-0.4, -0.2) is 4.98 Å². The number of hydrogen-bond donors (Lipinski definition) is 0. The van der Waals surface area contributed by atoms with Crippen LogP contribution in [0.25, 0.3) is 10.9 Å². The van der Waals surface area contributed by atoms with Crippen LogP contribution in [-0.2, 0) is 6.18 Å². The van der Waals surface area contributed by atoms with Gasteiger partial charge in [-0.1, -0.05) is 39.8 Å². The summed E-state index contributed by atoms with van der Waals surface area (Å²) < 4.78 is 38.2. The van der Waals surface area contributed by atoms with Crippen LogP contribution in [0.1, 0.15) is 44.5 Å². The molecule has 2 rings (SSSR count). The van der Waals surface area contributed by atoms with Crippen molar-refractivity contribution in [2.45, 2.75) is 47.7 Å². The third kappa shape index (κ3) is 4.22. The minimum atomic E-state index is -4.35. The number of fused-ring (bicyclic) bond motifs is 1. The molecule has 0 bridgehead atoms. The predicted molar refractivity (Wildman–Crippen MR) is 78.9 cm³/mol. The molecule has 0 aliphatic rings. The van der Waals surface area contributed by atoms with E-state index in [0.717, 1.165) is 11.6 Å². The van der Waals surface area contributed by atoms with Gasteiger partial charge < -0.3 is 0 Å². The lowest BCUT2D eigenvalue weighted by Gasteiger charge is -2.11. The second kappa shape index (κ2) is 7.88. The van der Waals surface area contributed by atoms with E-state index in [1.165, 1.54) is 6.07 Å². The number of halogens is 3. The molecule has 0 amide bonds. The van der Waals surface area contributed by atoms with E-state index in [0.29, 0.717) is 11.1 Å². The van der Waals surface area contributed by atoms with Crippen molar-refractivity contribution in [3.63, 3.8) is 0 Å². The molecule has 0 fully saturated rings. The molecule has 0 atom stereocenters. The van der Waals surface area contributed by atoms with Crippen LogP contribution in [0.3, 0.4) is 0 Å². The van der Waals surface area contributed by atoms with E-state index < -0.39 is 11.7 Å². The van der Waals surface area contributed by atoms with E-state index in [1.54, 1.807) is 26.0 Å². The molecule has 20 heavy (non-hydrogen) atoms. The van der Waals surface area contributed by atoms with Crippen molar-refractivity contribution in [3.05, 3.63) is 41.1 Å². The van der Waals surface area contributed by atoms with Gasteiger partial charge in [0.15, 0.2) is 0 Å². The van der Waals surface area contributed by atoms with Gasteiger partial charge in [0.1, 0.15) is 0 Å². The standard InChI is InChI=1S/C12H10F3N.2C2H6/c1-7-6-8(2)16-11-9(7)4-3-5-10(11)12(13,14)15;2*1-2/h3-6H,1-2H3;2*1-2H3. The lowest BCUT2D eigenvalue weighted by Crippen LogP contribution is -2.07. The predicted octanol–water partition coefficient (Wildman–Crippen LogP) is 5.92. The molecule has 0 saturated heterocycles. The highest BCUT2D eigenvalue weighted by Crippen LogP contribution is 2.34. The van der Waals surface area contributed by atoms with E-state index in [-0.39, 0.29) is 5.52 Å². The van der Waals surface area contributed by atoms with E-state index >= 15 is 0 Å². The van der Waals surface area contributed by atoms with Gasteiger partial charge in [-0.15, -0.1) is 0 Å². The summed E-state index contributed by atoms with van der Waals surface area (Å²) in [5.74, 6) is 0. The van der Waals surface area contributed by atoms with E-state index in [1.807, 2.05) is 27.7 Å². The number of hydrogen-bond acceptors (Lipinski definition) is 1. The first-order valence-corrected chi connectivity index (χ1v) is 6.84. The van der Waals surface area contributed by atoms with Gasteiger partial charge in [-0.05, 0) is 31.5 Å². The molecule has 0 saturated carbocycles. The molecular formula is C16H22F3N. The maximum absolute atomic E-state index is 12.7. The fourth-order valence-corrected chi connectivity index (χ4v) is 1.81. The Kier molecular flexibility index (Phi) is 7.25. The lowest BCUT2D eigenvalue weighted by molar-refractivity contribution is -0.136. The average molecular weight is 285 g/mol. The molecule has 0 spiro atoms. The van der Waals surface area contributed by atoms with Crippen LogP contribution in [0.4, 0.5) is 13.2 Å². The van der Waals surface area contributed by atoms with Crippen LogP contribution in [0.5, 0.6) is 0 Å². The van der Waals surface area contributed by atoms with Gasteiger partial charge in [-0.25, -0.2) is 0 Å². The number of aromatic nitrogens is 1. The quantitative estimate of drug-likeness (QED) is 0.585. The Morgan fingerprint density at radius 2 is 1.50 bits per heavy atom. The summed E-state index contributed by atoms with van der Waals surface area (Å²) in [7, 11) is 0. The zero-order valence-corrected chi connectivity index (χ0v) is 12.9. The normalized spacial score (nSPS) is 10.2. The third-order valence-corrected chi connectivity index (χ3v) is 2.48. The molecule has 1 aromatic heterocycles. The van der Waals surface area contributed by atoms with Gasteiger partial charge in [0.05, 0.1) is 11.1 Å². The monoisotopic (exact) mass is 285 g/mol. The molecule has 1 aromatic carbocycles. The average Bonchev–Trinajstić information content (AvgIpc) is 2.41. The zero-order chi connectivity index (χ0) is 15.9. The topological polar surface area (TPSA) is 12.9 Å². The van der Waals surface area contributed by atoms with Crippen LogP contribution >= 0.6 is 0 Å². The maximum Gasteiger partial charge on any atom is 0.418 e. The number of rotatable bonds is 0. The molecular weight excluding hydrogens is 263 g/mol. The number of nitrogens with zero attached hydrogens (tertiary/aromatic N) is 1.